The maximum Gasteiger partial charge on any atom is 0.227 e. The van der Waals surface area contributed by atoms with Crippen LogP contribution in [0, 0.1) is 11.6 Å². The number of allylic oxidation sites excluding steroid dienone is 2. The van der Waals surface area contributed by atoms with Gasteiger partial charge in [-0.25, -0.2) is 13.5 Å². The number of thioether (sulfide) groups is 1. The number of fused-ring (bicyclic) bond motifs is 1. The molecule has 5 rings (SSSR count). The van der Waals surface area contributed by atoms with E-state index in [1.165, 1.54) is 23.9 Å². The summed E-state index contributed by atoms with van der Waals surface area (Å²) in [4.78, 5) is 17.3. The number of anilines is 1. The molecule has 0 amide bonds. The number of nitrogens with zero attached hydrogens (tertiary/aromatic N) is 3. The van der Waals surface area contributed by atoms with Gasteiger partial charge in [0.25, 0.3) is 0 Å². The van der Waals surface area contributed by atoms with Crippen LogP contribution in [0.2, 0.25) is 0 Å². The van der Waals surface area contributed by atoms with E-state index in [0.29, 0.717) is 40.8 Å². The van der Waals surface area contributed by atoms with Crippen molar-refractivity contribution in [3.8, 4) is 0 Å². The van der Waals surface area contributed by atoms with Crippen molar-refractivity contribution in [1.29, 1.82) is 0 Å². The van der Waals surface area contributed by atoms with Crippen LogP contribution in [-0.2, 0) is 10.5 Å². The standard InChI is InChI=1S/C22H18F2N4OS/c23-15-9-14(10-16(24)11-15)20-19-17(7-4-8-18(19)29)25-21-26-22(27-28(20)21)30-12-13-5-2-1-3-6-13/h1-3,5-6,9-11,20H,4,7-8,12H2,(H,25,26,27). The van der Waals surface area contributed by atoms with E-state index in [0.717, 1.165) is 23.7 Å². The average molecular weight is 424 g/mol. The minimum atomic E-state index is -0.701. The third-order valence-corrected chi connectivity index (χ3v) is 6.17. The Morgan fingerprint density at radius 3 is 2.63 bits per heavy atom. The molecule has 8 heteroatoms. The Morgan fingerprint density at radius 2 is 1.87 bits per heavy atom. The Labute approximate surface area is 176 Å². The van der Waals surface area contributed by atoms with Crippen molar-refractivity contribution >= 4 is 23.5 Å². The predicted molar refractivity (Wildman–Crippen MR) is 110 cm³/mol. The van der Waals surface area contributed by atoms with Crippen LogP contribution in [0.3, 0.4) is 0 Å². The lowest BCUT2D eigenvalue weighted by Gasteiger charge is -2.32. The zero-order valence-electron chi connectivity index (χ0n) is 15.9. The fourth-order valence-electron chi connectivity index (χ4n) is 3.96. The molecule has 0 saturated carbocycles. The van der Waals surface area contributed by atoms with Gasteiger partial charge in [0.2, 0.25) is 11.1 Å². The van der Waals surface area contributed by atoms with Crippen LogP contribution >= 0.6 is 11.8 Å². The lowest BCUT2D eigenvalue weighted by atomic mass is 9.85. The molecular weight excluding hydrogens is 406 g/mol. The fraction of sp³-hybridized carbons (Fsp3) is 0.227. The maximum atomic E-state index is 14.0. The third-order valence-electron chi connectivity index (χ3n) is 5.26. The molecule has 0 bridgehead atoms. The molecule has 5 nitrogen and oxygen atoms in total. The first-order chi connectivity index (χ1) is 14.6. The van der Waals surface area contributed by atoms with Crippen LogP contribution in [0.15, 0.2) is 65.0 Å². The number of nitrogens with one attached hydrogen (secondary N) is 1. The topological polar surface area (TPSA) is 59.8 Å². The number of hydrogen-bond donors (Lipinski definition) is 1. The number of aromatic nitrogens is 3. The quantitative estimate of drug-likeness (QED) is 0.606. The first-order valence-electron chi connectivity index (χ1n) is 9.71. The molecule has 30 heavy (non-hydrogen) atoms. The maximum absolute atomic E-state index is 14.0. The molecule has 0 saturated heterocycles. The fourth-order valence-corrected chi connectivity index (χ4v) is 4.75. The summed E-state index contributed by atoms with van der Waals surface area (Å²) in [6, 6.07) is 12.6. The summed E-state index contributed by atoms with van der Waals surface area (Å²) in [6.45, 7) is 0. The molecule has 2 aliphatic rings. The van der Waals surface area contributed by atoms with E-state index in [-0.39, 0.29) is 5.78 Å². The zero-order valence-corrected chi connectivity index (χ0v) is 16.8. The summed E-state index contributed by atoms with van der Waals surface area (Å²) in [7, 11) is 0. The highest BCUT2D eigenvalue weighted by Gasteiger charge is 2.37. The molecule has 3 aromatic rings. The van der Waals surface area contributed by atoms with E-state index >= 15 is 0 Å². The molecular formula is C22H18F2N4OS. The Kier molecular flexibility index (Phi) is 4.86. The Balaban J connectivity index is 1.55. The van der Waals surface area contributed by atoms with Crippen LogP contribution in [-0.4, -0.2) is 20.5 Å². The minimum absolute atomic E-state index is 0.0296. The van der Waals surface area contributed by atoms with Crippen LogP contribution in [0.5, 0.6) is 0 Å². The van der Waals surface area contributed by atoms with Crippen molar-refractivity contribution in [3.05, 3.63) is 82.6 Å². The smallest absolute Gasteiger partial charge is 0.227 e. The second kappa shape index (κ2) is 7.68. The molecule has 1 aliphatic heterocycles. The van der Waals surface area contributed by atoms with Crippen LogP contribution in [0.1, 0.15) is 36.4 Å². The van der Waals surface area contributed by atoms with Gasteiger partial charge in [0, 0.05) is 29.5 Å². The molecule has 1 aromatic heterocycles. The lowest BCUT2D eigenvalue weighted by molar-refractivity contribution is -0.116. The third kappa shape index (κ3) is 3.52. The summed E-state index contributed by atoms with van der Waals surface area (Å²) in [5.74, 6) is -0.231. The minimum Gasteiger partial charge on any atom is -0.328 e. The highest BCUT2D eigenvalue weighted by Crippen LogP contribution is 2.41. The van der Waals surface area contributed by atoms with Crippen molar-refractivity contribution in [3.63, 3.8) is 0 Å². The van der Waals surface area contributed by atoms with Gasteiger partial charge < -0.3 is 5.32 Å². The first kappa shape index (κ1) is 19.0. The average Bonchev–Trinajstić information content (AvgIpc) is 3.13. The van der Waals surface area contributed by atoms with Crippen molar-refractivity contribution in [2.45, 2.75) is 36.2 Å². The molecule has 1 aliphatic carbocycles. The molecule has 0 radical (unpaired) electrons. The summed E-state index contributed by atoms with van der Waals surface area (Å²) in [5.41, 5.74) is 2.77. The Bertz CT molecular complexity index is 1140. The summed E-state index contributed by atoms with van der Waals surface area (Å²) in [5, 5.41) is 8.34. The summed E-state index contributed by atoms with van der Waals surface area (Å²) in [6.07, 6.45) is 1.84. The molecule has 1 N–H and O–H groups in total. The number of hydrogen-bond acceptors (Lipinski definition) is 5. The van der Waals surface area contributed by atoms with Gasteiger partial charge in [-0.3, -0.25) is 4.79 Å². The van der Waals surface area contributed by atoms with E-state index in [9.17, 15) is 13.6 Å². The van der Waals surface area contributed by atoms with Gasteiger partial charge in [-0.15, -0.1) is 5.10 Å². The second-order valence-electron chi connectivity index (χ2n) is 7.34. The van der Waals surface area contributed by atoms with Gasteiger partial charge in [0.15, 0.2) is 5.78 Å². The summed E-state index contributed by atoms with van der Waals surface area (Å²) >= 11 is 1.47. The van der Waals surface area contributed by atoms with Crippen LogP contribution in [0.25, 0.3) is 0 Å². The van der Waals surface area contributed by atoms with E-state index in [2.05, 4.69) is 15.4 Å². The number of rotatable bonds is 4. The number of carbonyl (C=O) groups is 1. The van der Waals surface area contributed by atoms with Gasteiger partial charge in [-0.2, -0.15) is 4.98 Å². The molecule has 2 aromatic carbocycles. The van der Waals surface area contributed by atoms with E-state index in [1.54, 1.807) is 4.68 Å². The second-order valence-corrected chi connectivity index (χ2v) is 8.28. The molecule has 2 heterocycles. The number of benzene rings is 2. The monoisotopic (exact) mass is 424 g/mol. The first-order valence-corrected chi connectivity index (χ1v) is 10.7. The summed E-state index contributed by atoms with van der Waals surface area (Å²) < 4.78 is 29.5. The van der Waals surface area contributed by atoms with E-state index in [4.69, 9.17) is 0 Å². The van der Waals surface area contributed by atoms with Crippen molar-refractivity contribution in [1.82, 2.24) is 14.8 Å². The number of ketones is 1. The normalized spacial score (nSPS) is 18.1. The molecule has 1 unspecified atom stereocenters. The SMILES string of the molecule is O=C1CCCC2=C1C(c1cc(F)cc(F)c1)n1nc(SCc3ccccc3)nc1N2. The number of Topliss-reactive ketones (excluding diaryl/α,β-unsaturated/α-hetero) is 1. The van der Waals surface area contributed by atoms with Crippen LogP contribution < -0.4 is 5.32 Å². The molecule has 152 valence electrons. The molecule has 0 fully saturated rings. The highest BCUT2D eigenvalue weighted by atomic mass is 32.2. The lowest BCUT2D eigenvalue weighted by Crippen LogP contribution is -2.31. The predicted octanol–water partition coefficient (Wildman–Crippen LogP) is 4.87. The van der Waals surface area contributed by atoms with Gasteiger partial charge in [-0.05, 0) is 36.1 Å². The van der Waals surface area contributed by atoms with Gasteiger partial charge in [-0.1, -0.05) is 42.1 Å². The zero-order chi connectivity index (χ0) is 20.7. The highest BCUT2D eigenvalue weighted by molar-refractivity contribution is 7.98. The van der Waals surface area contributed by atoms with E-state index in [1.807, 2.05) is 30.3 Å². The Hall–Kier alpha value is -3.00. The largest absolute Gasteiger partial charge is 0.328 e. The van der Waals surface area contributed by atoms with Gasteiger partial charge in [0.05, 0.1) is 0 Å². The Morgan fingerprint density at radius 1 is 1.10 bits per heavy atom. The van der Waals surface area contributed by atoms with Crippen molar-refractivity contribution in [2.75, 3.05) is 5.32 Å². The molecule has 1 atom stereocenters. The van der Waals surface area contributed by atoms with E-state index < -0.39 is 17.7 Å². The van der Waals surface area contributed by atoms with Crippen LogP contribution in [0.4, 0.5) is 14.7 Å². The number of carbonyl (C=O) groups excluding carboxylic acids is 1. The van der Waals surface area contributed by atoms with Crippen molar-refractivity contribution in [2.24, 2.45) is 0 Å². The molecule has 0 spiro atoms. The van der Waals surface area contributed by atoms with Crippen molar-refractivity contribution < 1.29 is 13.6 Å². The van der Waals surface area contributed by atoms with Gasteiger partial charge >= 0.3 is 0 Å². The number of halogens is 2. The van der Waals surface area contributed by atoms with Gasteiger partial charge in [0.1, 0.15) is 17.7 Å².